The van der Waals surface area contributed by atoms with Gasteiger partial charge in [0.1, 0.15) is 11.0 Å². The smallest absolute Gasteiger partial charge is 0.336 e. The van der Waals surface area contributed by atoms with Crippen molar-refractivity contribution in [2.75, 3.05) is 11.8 Å². The van der Waals surface area contributed by atoms with Gasteiger partial charge in [-0.05, 0) is 12.1 Å². The number of aromatic amines is 1. The van der Waals surface area contributed by atoms with Crippen molar-refractivity contribution < 1.29 is 13.2 Å². The lowest BCUT2D eigenvalue weighted by Gasteiger charge is -2.05. The van der Waals surface area contributed by atoms with Crippen molar-refractivity contribution in [3.63, 3.8) is 0 Å². The molecular weight excluding hydrogens is 272 g/mol. The van der Waals surface area contributed by atoms with Crippen molar-refractivity contribution in [3.8, 4) is 12.1 Å². The predicted molar refractivity (Wildman–Crippen MR) is 62.7 cm³/mol. The van der Waals surface area contributed by atoms with Crippen LogP contribution in [-0.4, -0.2) is 35.7 Å². The van der Waals surface area contributed by atoms with E-state index < -0.39 is 10.0 Å². The average molecular weight is 280 g/mol. The Bertz CT molecular complexity index is 732. The van der Waals surface area contributed by atoms with Crippen LogP contribution < -0.4 is 9.46 Å². The molecule has 19 heavy (non-hydrogen) atoms. The zero-order chi connectivity index (χ0) is 13.9. The fourth-order valence-corrected chi connectivity index (χ4v) is 2.32. The van der Waals surface area contributed by atoms with E-state index in [-0.39, 0.29) is 22.5 Å². The van der Waals surface area contributed by atoms with Gasteiger partial charge in [0.15, 0.2) is 5.69 Å². The Morgan fingerprint density at radius 2 is 2.32 bits per heavy atom. The summed E-state index contributed by atoms with van der Waals surface area (Å²) >= 11 is 0. The number of H-pyrrole nitrogens is 1. The number of hydrogen-bond acceptors (Lipinski definition) is 7. The number of pyridine rings is 1. The van der Waals surface area contributed by atoms with Crippen LogP contribution in [0.2, 0.25) is 0 Å². The number of hydrogen-bond donors (Lipinski definition) is 2. The number of nitriles is 1. The number of nitrogens with zero attached hydrogens (tertiary/aromatic N) is 4. The van der Waals surface area contributed by atoms with Gasteiger partial charge < -0.3 is 4.74 Å². The molecule has 2 aromatic heterocycles. The molecule has 0 bridgehead atoms. The molecule has 2 heterocycles. The first-order valence-corrected chi connectivity index (χ1v) is 6.39. The molecular formula is C9H8N6O3S. The van der Waals surface area contributed by atoms with Gasteiger partial charge in [-0.1, -0.05) is 0 Å². The minimum absolute atomic E-state index is 0.00982. The van der Waals surface area contributed by atoms with Crippen LogP contribution in [0.3, 0.4) is 0 Å². The zero-order valence-corrected chi connectivity index (χ0v) is 10.5. The molecule has 2 N–H and O–H groups in total. The molecule has 0 unspecified atom stereocenters. The molecule has 0 amide bonds. The van der Waals surface area contributed by atoms with E-state index in [1.165, 1.54) is 25.4 Å². The topological polar surface area (TPSA) is 134 Å². The Kier molecular flexibility index (Phi) is 3.30. The van der Waals surface area contributed by atoms with Crippen LogP contribution in [0.5, 0.6) is 6.01 Å². The Labute approximate surface area is 108 Å². The summed E-state index contributed by atoms with van der Waals surface area (Å²) in [6.07, 6.45) is 1.33. The summed E-state index contributed by atoms with van der Waals surface area (Å²) in [5, 5.41) is 14.8. The third kappa shape index (κ3) is 2.61. The molecule has 9 nitrogen and oxygen atoms in total. The quantitative estimate of drug-likeness (QED) is 0.797. The van der Waals surface area contributed by atoms with Crippen molar-refractivity contribution in [2.24, 2.45) is 0 Å². The summed E-state index contributed by atoms with van der Waals surface area (Å²) in [5.41, 5.74) is -0.207. The largest absolute Gasteiger partial charge is 0.466 e. The van der Waals surface area contributed by atoms with Gasteiger partial charge in [-0.2, -0.15) is 10.2 Å². The van der Waals surface area contributed by atoms with Crippen molar-refractivity contribution in [1.29, 1.82) is 5.26 Å². The SMILES string of the molecule is COc1n[nH]c(NS(=O)(=O)c2cccnc2C#N)n1. The lowest BCUT2D eigenvalue weighted by Crippen LogP contribution is -2.15. The molecule has 0 saturated heterocycles. The van der Waals surface area contributed by atoms with Crippen LogP contribution in [0.1, 0.15) is 5.69 Å². The highest BCUT2D eigenvalue weighted by atomic mass is 32.2. The summed E-state index contributed by atoms with van der Waals surface area (Å²) < 4.78 is 30.9. The standard InChI is InChI=1S/C9H8N6O3S/c1-18-9-12-8(13-14-9)15-19(16,17)7-3-2-4-11-6(7)5-10/h2-4H,1H3,(H2,12,13,14,15). The number of sulfonamides is 1. The maximum absolute atomic E-state index is 12.0. The fourth-order valence-electron chi connectivity index (χ4n) is 1.26. The molecule has 0 radical (unpaired) electrons. The van der Waals surface area contributed by atoms with Crippen molar-refractivity contribution in [1.82, 2.24) is 20.2 Å². The van der Waals surface area contributed by atoms with Crippen molar-refractivity contribution in [2.45, 2.75) is 4.90 Å². The number of rotatable bonds is 4. The molecule has 2 rings (SSSR count). The van der Waals surface area contributed by atoms with Gasteiger partial charge in [0.25, 0.3) is 10.0 Å². The minimum atomic E-state index is -3.98. The van der Waals surface area contributed by atoms with Gasteiger partial charge >= 0.3 is 6.01 Å². The molecule has 0 aromatic carbocycles. The normalized spacial score (nSPS) is 10.7. The third-order valence-corrected chi connectivity index (χ3v) is 3.42. The highest BCUT2D eigenvalue weighted by Crippen LogP contribution is 2.16. The molecule has 0 spiro atoms. The monoisotopic (exact) mass is 280 g/mol. The summed E-state index contributed by atoms with van der Waals surface area (Å²) in [5.74, 6) is -0.121. The lowest BCUT2D eigenvalue weighted by molar-refractivity contribution is 0.382. The van der Waals surface area contributed by atoms with Crippen molar-refractivity contribution in [3.05, 3.63) is 24.0 Å². The molecule has 0 saturated carbocycles. The molecule has 2 aromatic rings. The summed E-state index contributed by atoms with van der Waals surface area (Å²) in [6, 6.07) is 4.37. The van der Waals surface area contributed by atoms with E-state index in [0.29, 0.717) is 0 Å². The van der Waals surface area contributed by atoms with Gasteiger partial charge in [-0.3, -0.25) is 0 Å². The third-order valence-electron chi connectivity index (χ3n) is 2.04. The summed E-state index contributed by atoms with van der Waals surface area (Å²) in [4.78, 5) is 7.14. The van der Waals surface area contributed by atoms with E-state index in [2.05, 4.69) is 24.9 Å². The van der Waals surface area contributed by atoms with Crippen molar-refractivity contribution >= 4 is 16.0 Å². The number of nitrogens with one attached hydrogen (secondary N) is 2. The van der Waals surface area contributed by atoms with Gasteiger partial charge in [0.05, 0.1) is 7.11 Å². The van der Waals surface area contributed by atoms with E-state index in [9.17, 15) is 8.42 Å². The zero-order valence-electron chi connectivity index (χ0n) is 9.65. The molecule has 0 aliphatic carbocycles. The number of aromatic nitrogens is 4. The van der Waals surface area contributed by atoms with E-state index in [4.69, 9.17) is 10.00 Å². The highest BCUT2D eigenvalue weighted by Gasteiger charge is 2.21. The highest BCUT2D eigenvalue weighted by molar-refractivity contribution is 7.92. The van der Waals surface area contributed by atoms with E-state index in [1.807, 2.05) is 0 Å². The Hall–Kier alpha value is -2.67. The first-order valence-electron chi connectivity index (χ1n) is 4.91. The predicted octanol–water partition coefficient (Wildman–Crippen LogP) is -0.119. The maximum Gasteiger partial charge on any atom is 0.336 e. The van der Waals surface area contributed by atoms with Crippen LogP contribution >= 0.6 is 0 Å². The number of methoxy groups -OCH3 is 1. The molecule has 0 aliphatic rings. The summed E-state index contributed by atoms with van der Waals surface area (Å²) in [6.45, 7) is 0. The molecule has 98 valence electrons. The average Bonchev–Trinajstić information content (AvgIpc) is 2.85. The van der Waals surface area contributed by atoms with Gasteiger partial charge in [0, 0.05) is 6.20 Å². The molecule has 0 aliphatic heterocycles. The van der Waals surface area contributed by atoms with Gasteiger partial charge in [-0.25, -0.2) is 23.2 Å². The van der Waals surface area contributed by atoms with E-state index >= 15 is 0 Å². The van der Waals surface area contributed by atoms with Crippen LogP contribution in [0.25, 0.3) is 0 Å². The Morgan fingerprint density at radius 3 is 2.95 bits per heavy atom. The molecule has 0 fully saturated rings. The maximum atomic E-state index is 12.0. The lowest BCUT2D eigenvalue weighted by atomic mass is 10.4. The van der Waals surface area contributed by atoms with E-state index in [0.717, 1.165) is 0 Å². The van der Waals surface area contributed by atoms with E-state index in [1.54, 1.807) is 6.07 Å². The second-order valence-corrected chi connectivity index (χ2v) is 4.89. The fraction of sp³-hybridized carbons (Fsp3) is 0.111. The Morgan fingerprint density at radius 1 is 1.53 bits per heavy atom. The molecule has 0 atom stereocenters. The number of anilines is 1. The molecule has 10 heteroatoms. The van der Waals surface area contributed by atoms with Gasteiger partial charge in [0.2, 0.25) is 5.95 Å². The number of ether oxygens (including phenoxy) is 1. The van der Waals surface area contributed by atoms with Gasteiger partial charge in [-0.15, -0.1) is 5.10 Å². The first-order chi connectivity index (χ1) is 9.06. The summed E-state index contributed by atoms with van der Waals surface area (Å²) in [7, 11) is -2.63. The minimum Gasteiger partial charge on any atom is -0.466 e. The van der Waals surface area contributed by atoms with Crippen LogP contribution in [0.4, 0.5) is 5.95 Å². The van der Waals surface area contributed by atoms with Crippen LogP contribution in [0.15, 0.2) is 23.2 Å². The van der Waals surface area contributed by atoms with Crippen LogP contribution in [0, 0.1) is 11.3 Å². The second-order valence-electron chi connectivity index (χ2n) is 3.24. The first kappa shape index (κ1) is 12.8. The van der Waals surface area contributed by atoms with Crippen LogP contribution in [-0.2, 0) is 10.0 Å². The Balaban J connectivity index is 2.35. The second kappa shape index (κ2) is 4.91.